The van der Waals surface area contributed by atoms with Crippen molar-refractivity contribution >= 4 is 23.3 Å². The van der Waals surface area contributed by atoms with Crippen LogP contribution in [0.15, 0.2) is 24.3 Å². The van der Waals surface area contributed by atoms with E-state index in [4.69, 9.17) is 16.7 Å². The molecule has 0 unspecified atom stereocenters. The Balaban J connectivity index is 2.04. The molecule has 5 heteroatoms. The van der Waals surface area contributed by atoms with Crippen molar-refractivity contribution in [3.63, 3.8) is 0 Å². The first-order valence-electron chi connectivity index (χ1n) is 5.65. The van der Waals surface area contributed by atoms with Gasteiger partial charge in [-0.3, -0.25) is 0 Å². The average Bonchev–Trinajstić information content (AvgIpc) is 2.80. The van der Waals surface area contributed by atoms with Crippen molar-refractivity contribution in [1.29, 1.82) is 0 Å². The molecule has 1 saturated heterocycles. The highest BCUT2D eigenvalue weighted by atomic mass is 35.5. The van der Waals surface area contributed by atoms with Crippen LogP contribution in [0, 0.1) is 0 Å². The number of hydrogen-bond acceptors (Lipinski definition) is 2. The van der Waals surface area contributed by atoms with Gasteiger partial charge in [0.1, 0.15) is 0 Å². The van der Waals surface area contributed by atoms with Crippen LogP contribution in [0.25, 0.3) is 0 Å². The van der Waals surface area contributed by atoms with Crippen molar-refractivity contribution in [2.24, 2.45) is 0 Å². The van der Waals surface area contributed by atoms with Crippen molar-refractivity contribution in [1.82, 2.24) is 4.90 Å². The van der Waals surface area contributed by atoms with Crippen LogP contribution >= 0.6 is 11.6 Å². The fourth-order valence-electron chi connectivity index (χ4n) is 2.04. The maximum absolute atomic E-state index is 12.0. The molecular weight excluding hydrogens is 240 g/mol. The second-order valence-electron chi connectivity index (χ2n) is 4.08. The summed E-state index contributed by atoms with van der Waals surface area (Å²) in [6.07, 6.45) is 1.79. The summed E-state index contributed by atoms with van der Waals surface area (Å²) < 4.78 is 0. The lowest BCUT2D eigenvalue weighted by Crippen LogP contribution is -2.40. The molecule has 1 atom stereocenters. The van der Waals surface area contributed by atoms with Crippen molar-refractivity contribution in [3.05, 3.63) is 29.3 Å². The van der Waals surface area contributed by atoms with E-state index in [1.807, 2.05) is 12.1 Å². The van der Waals surface area contributed by atoms with E-state index in [0.29, 0.717) is 17.3 Å². The van der Waals surface area contributed by atoms with E-state index in [1.165, 1.54) is 0 Å². The zero-order valence-corrected chi connectivity index (χ0v) is 10.2. The standard InChI is InChI=1S/C12H15ClN2O2/c13-10-5-1-2-6-11(10)14-12(17)15-7-3-4-9(15)8-16/h1-2,5-6,9,16H,3-4,7-8H2,(H,14,17)/t9-/m1/s1. The van der Waals surface area contributed by atoms with Gasteiger partial charge in [0.15, 0.2) is 0 Å². The van der Waals surface area contributed by atoms with Crippen LogP contribution in [-0.2, 0) is 0 Å². The second kappa shape index (κ2) is 5.38. The molecule has 2 amide bonds. The molecule has 1 aromatic carbocycles. The minimum atomic E-state index is -0.199. The number of rotatable bonds is 2. The number of hydrogen-bond donors (Lipinski definition) is 2. The van der Waals surface area contributed by atoms with Gasteiger partial charge in [-0.25, -0.2) is 4.79 Å². The molecule has 2 rings (SSSR count). The Morgan fingerprint density at radius 3 is 3.00 bits per heavy atom. The minimum absolute atomic E-state index is 0.00986. The number of urea groups is 1. The Hall–Kier alpha value is -1.26. The number of halogens is 1. The molecule has 92 valence electrons. The van der Waals surface area contributed by atoms with Gasteiger partial charge in [0, 0.05) is 6.54 Å². The maximum Gasteiger partial charge on any atom is 0.322 e. The van der Waals surface area contributed by atoms with Gasteiger partial charge in [-0.1, -0.05) is 23.7 Å². The number of aliphatic hydroxyl groups is 1. The molecule has 1 aliphatic rings. The minimum Gasteiger partial charge on any atom is -0.394 e. The molecular formula is C12H15ClN2O2. The van der Waals surface area contributed by atoms with Gasteiger partial charge in [0.05, 0.1) is 23.4 Å². The molecule has 0 bridgehead atoms. The van der Waals surface area contributed by atoms with Gasteiger partial charge in [-0.2, -0.15) is 0 Å². The third kappa shape index (κ3) is 2.70. The molecule has 0 saturated carbocycles. The highest BCUT2D eigenvalue weighted by molar-refractivity contribution is 6.33. The smallest absolute Gasteiger partial charge is 0.322 e. The van der Waals surface area contributed by atoms with Crippen LogP contribution in [0.1, 0.15) is 12.8 Å². The van der Waals surface area contributed by atoms with E-state index in [-0.39, 0.29) is 18.7 Å². The average molecular weight is 255 g/mol. The van der Waals surface area contributed by atoms with E-state index in [9.17, 15) is 4.79 Å². The fourth-order valence-corrected chi connectivity index (χ4v) is 2.23. The van der Waals surface area contributed by atoms with Crippen molar-refractivity contribution in [2.75, 3.05) is 18.5 Å². The first-order chi connectivity index (χ1) is 8.22. The topological polar surface area (TPSA) is 52.6 Å². The number of likely N-dealkylation sites (tertiary alicyclic amines) is 1. The Kier molecular flexibility index (Phi) is 3.86. The lowest BCUT2D eigenvalue weighted by atomic mass is 10.2. The molecule has 1 aromatic rings. The normalized spacial score (nSPS) is 19.4. The first-order valence-corrected chi connectivity index (χ1v) is 6.03. The SMILES string of the molecule is O=C(Nc1ccccc1Cl)N1CCC[C@@H]1CO. The van der Waals surface area contributed by atoms with Crippen LogP contribution in [0.5, 0.6) is 0 Å². The highest BCUT2D eigenvalue weighted by Crippen LogP contribution is 2.23. The molecule has 1 aliphatic heterocycles. The van der Waals surface area contributed by atoms with Crippen LogP contribution in [0.2, 0.25) is 5.02 Å². The molecule has 2 N–H and O–H groups in total. The van der Waals surface area contributed by atoms with Crippen LogP contribution in [-0.4, -0.2) is 35.2 Å². The summed E-state index contributed by atoms with van der Waals surface area (Å²) in [6.45, 7) is 0.692. The van der Waals surface area contributed by atoms with Gasteiger partial charge < -0.3 is 15.3 Å². The Morgan fingerprint density at radius 2 is 2.29 bits per heavy atom. The molecule has 1 heterocycles. The number of carbonyl (C=O) groups is 1. The predicted octanol–water partition coefficient (Wildman–Crippen LogP) is 2.33. The van der Waals surface area contributed by atoms with Crippen LogP contribution in [0.3, 0.4) is 0 Å². The Bertz CT molecular complexity index is 411. The van der Waals surface area contributed by atoms with Gasteiger partial charge >= 0.3 is 6.03 Å². The summed E-state index contributed by atoms with van der Waals surface area (Å²) in [4.78, 5) is 13.6. The quantitative estimate of drug-likeness (QED) is 0.851. The fraction of sp³-hybridized carbons (Fsp3) is 0.417. The van der Waals surface area contributed by atoms with Gasteiger partial charge in [0.25, 0.3) is 0 Å². The van der Waals surface area contributed by atoms with Crippen molar-refractivity contribution in [2.45, 2.75) is 18.9 Å². The lowest BCUT2D eigenvalue weighted by Gasteiger charge is -2.23. The first kappa shape index (κ1) is 12.2. The molecule has 0 aromatic heterocycles. The zero-order valence-electron chi connectivity index (χ0n) is 9.40. The van der Waals surface area contributed by atoms with E-state index < -0.39 is 0 Å². The Labute approximate surface area is 105 Å². The molecule has 0 spiro atoms. The molecule has 4 nitrogen and oxygen atoms in total. The maximum atomic E-state index is 12.0. The summed E-state index contributed by atoms with van der Waals surface area (Å²) in [5, 5.41) is 12.4. The molecule has 1 fully saturated rings. The summed E-state index contributed by atoms with van der Waals surface area (Å²) in [7, 11) is 0. The zero-order chi connectivity index (χ0) is 12.3. The lowest BCUT2D eigenvalue weighted by molar-refractivity contribution is 0.166. The number of aliphatic hydroxyl groups excluding tert-OH is 1. The number of benzene rings is 1. The number of anilines is 1. The Morgan fingerprint density at radius 1 is 1.53 bits per heavy atom. The largest absolute Gasteiger partial charge is 0.394 e. The molecule has 0 aliphatic carbocycles. The molecule has 17 heavy (non-hydrogen) atoms. The third-order valence-corrected chi connectivity index (χ3v) is 3.29. The van der Waals surface area contributed by atoms with Crippen molar-refractivity contribution in [3.8, 4) is 0 Å². The number of nitrogens with zero attached hydrogens (tertiary/aromatic N) is 1. The van der Waals surface area contributed by atoms with E-state index >= 15 is 0 Å². The predicted molar refractivity (Wildman–Crippen MR) is 67.3 cm³/mol. The van der Waals surface area contributed by atoms with Gasteiger partial charge in [0.2, 0.25) is 0 Å². The summed E-state index contributed by atoms with van der Waals surface area (Å²) >= 11 is 5.96. The van der Waals surface area contributed by atoms with Crippen LogP contribution < -0.4 is 5.32 Å². The number of amides is 2. The third-order valence-electron chi connectivity index (χ3n) is 2.96. The summed E-state index contributed by atoms with van der Waals surface area (Å²) in [5.41, 5.74) is 0.600. The number of nitrogens with one attached hydrogen (secondary N) is 1. The number of carbonyl (C=O) groups excluding carboxylic acids is 1. The summed E-state index contributed by atoms with van der Waals surface area (Å²) in [5.74, 6) is 0. The van der Waals surface area contributed by atoms with E-state index in [2.05, 4.69) is 5.32 Å². The van der Waals surface area contributed by atoms with Gasteiger partial charge in [-0.05, 0) is 25.0 Å². The van der Waals surface area contributed by atoms with Gasteiger partial charge in [-0.15, -0.1) is 0 Å². The summed E-state index contributed by atoms with van der Waals surface area (Å²) in [6, 6.07) is 6.83. The van der Waals surface area contributed by atoms with Crippen LogP contribution in [0.4, 0.5) is 10.5 Å². The van der Waals surface area contributed by atoms with E-state index in [0.717, 1.165) is 12.8 Å². The number of para-hydroxylation sites is 1. The highest BCUT2D eigenvalue weighted by Gasteiger charge is 2.28. The molecule has 0 radical (unpaired) electrons. The van der Waals surface area contributed by atoms with Crippen molar-refractivity contribution < 1.29 is 9.90 Å². The second-order valence-corrected chi connectivity index (χ2v) is 4.49. The van der Waals surface area contributed by atoms with E-state index in [1.54, 1.807) is 17.0 Å². The monoisotopic (exact) mass is 254 g/mol.